The monoisotopic (exact) mass is 294 g/mol. The van der Waals surface area contributed by atoms with Crippen molar-refractivity contribution in [3.05, 3.63) is 11.3 Å². The van der Waals surface area contributed by atoms with Gasteiger partial charge in [0, 0.05) is 9.52 Å². The van der Waals surface area contributed by atoms with Gasteiger partial charge in [0.1, 0.15) is 0 Å². The summed E-state index contributed by atoms with van der Waals surface area (Å²) < 4.78 is 0. The van der Waals surface area contributed by atoms with Crippen molar-refractivity contribution in [2.75, 3.05) is 26.2 Å². The molecule has 0 aromatic carbocycles. The minimum atomic E-state index is 0.0755. The van der Waals surface area contributed by atoms with E-state index in [9.17, 15) is 0 Å². The van der Waals surface area contributed by atoms with Gasteiger partial charge in [-0.3, -0.25) is 9.80 Å². The van der Waals surface area contributed by atoms with Crippen molar-refractivity contribution < 1.29 is 0 Å². The molecule has 0 atom stereocenters. The van der Waals surface area contributed by atoms with Gasteiger partial charge in [-0.15, -0.1) is 5.70 Å². The third kappa shape index (κ3) is 5.01. The van der Waals surface area contributed by atoms with Crippen LogP contribution < -0.4 is 0 Å². The number of nitrogens with zero attached hydrogens (tertiary/aromatic N) is 2. The molecule has 20 heavy (non-hydrogen) atoms. The standard InChI is InChI=1S/C17H34N2Si/c1-3-20-15-16(2)14-17(18-10-6-4-7-11-18)19-12-8-5-9-13-19/h15,17H,3-14,20H2,1-2H3. The molecule has 0 radical (unpaired) electrons. The van der Waals surface area contributed by atoms with E-state index in [4.69, 9.17) is 0 Å². The first-order valence-electron chi connectivity index (χ1n) is 8.95. The number of likely N-dealkylation sites (tertiary alicyclic amines) is 2. The summed E-state index contributed by atoms with van der Waals surface area (Å²) >= 11 is 0. The summed E-state index contributed by atoms with van der Waals surface area (Å²) in [6.07, 6.45) is 10.5. The van der Waals surface area contributed by atoms with Gasteiger partial charge in [-0.1, -0.05) is 31.4 Å². The maximum Gasteiger partial charge on any atom is 0.0660 e. The Balaban J connectivity index is 1.98. The molecule has 0 saturated carbocycles. The van der Waals surface area contributed by atoms with Gasteiger partial charge in [-0.25, -0.2) is 0 Å². The topological polar surface area (TPSA) is 6.48 Å². The van der Waals surface area contributed by atoms with Crippen LogP contribution in [0.5, 0.6) is 0 Å². The Kier molecular flexibility index (Phi) is 7.32. The van der Waals surface area contributed by atoms with Crippen molar-refractivity contribution in [1.29, 1.82) is 0 Å². The summed E-state index contributed by atoms with van der Waals surface area (Å²) in [4.78, 5) is 5.58. The van der Waals surface area contributed by atoms with Gasteiger partial charge in [0.15, 0.2) is 0 Å². The largest absolute Gasteiger partial charge is 0.288 e. The molecule has 2 saturated heterocycles. The van der Waals surface area contributed by atoms with E-state index in [-0.39, 0.29) is 9.52 Å². The van der Waals surface area contributed by atoms with Gasteiger partial charge in [-0.2, -0.15) is 0 Å². The van der Waals surface area contributed by atoms with Crippen LogP contribution >= 0.6 is 0 Å². The third-order valence-corrected chi connectivity index (χ3v) is 6.47. The van der Waals surface area contributed by atoms with Crippen LogP contribution in [0, 0.1) is 0 Å². The van der Waals surface area contributed by atoms with Crippen LogP contribution in [-0.2, 0) is 0 Å². The average molecular weight is 295 g/mol. The minimum Gasteiger partial charge on any atom is -0.288 e. The molecule has 2 rings (SSSR count). The SMILES string of the molecule is CC[SiH2]C=C(C)CC(N1CCCCC1)N1CCCCC1. The van der Waals surface area contributed by atoms with Crippen molar-refractivity contribution in [2.45, 2.75) is 71.0 Å². The van der Waals surface area contributed by atoms with E-state index in [1.54, 1.807) is 5.57 Å². The molecule has 0 bridgehead atoms. The predicted molar refractivity (Wildman–Crippen MR) is 92.0 cm³/mol. The van der Waals surface area contributed by atoms with Crippen molar-refractivity contribution in [2.24, 2.45) is 0 Å². The van der Waals surface area contributed by atoms with Crippen molar-refractivity contribution in [3.8, 4) is 0 Å². The lowest BCUT2D eigenvalue weighted by Crippen LogP contribution is -2.52. The second-order valence-electron chi connectivity index (χ2n) is 6.72. The summed E-state index contributed by atoms with van der Waals surface area (Å²) in [7, 11) is 0.0755. The second kappa shape index (κ2) is 9.01. The van der Waals surface area contributed by atoms with Gasteiger partial charge in [-0.05, 0) is 65.2 Å². The van der Waals surface area contributed by atoms with Crippen LogP contribution in [0.25, 0.3) is 0 Å². The first-order valence-corrected chi connectivity index (χ1v) is 10.8. The third-order valence-electron chi connectivity index (χ3n) is 4.91. The van der Waals surface area contributed by atoms with Crippen LogP contribution in [0.3, 0.4) is 0 Å². The van der Waals surface area contributed by atoms with E-state index < -0.39 is 0 Å². The maximum absolute atomic E-state index is 2.79. The Morgan fingerprint density at radius 2 is 1.45 bits per heavy atom. The van der Waals surface area contributed by atoms with E-state index in [1.807, 2.05) is 0 Å². The molecule has 0 aromatic heterocycles. The molecule has 2 fully saturated rings. The molecule has 116 valence electrons. The van der Waals surface area contributed by atoms with Gasteiger partial charge < -0.3 is 0 Å². The lowest BCUT2D eigenvalue weighted by atomic mass is 10.0. The molecule has 2 aliphatic rings. The summed E-state index contributed by atoms with van der Waals surface area (Å²) in [5, 5.41) is 0. The van der Waals surface area contributed by atoms with Crippen LogP contribution in [0.2, 0.25) is 6.04 Å². The van der Waals surface area contributed by atoms with Crippen molar-refractivity contribution in [1.82, 2.24) is 9.80 Å². The van der Waals surface area contributed by atoms with Crippen LogP contribution in [0.4, 0.5) is 0 Å². The fraction of sp³-hybridized carbons (Fsp3) is 0.882. The Bertz CT molecular complexity index is 273. The average Bonchev–Trinajstić information content (AvgIpc) is 2.52. The molecular formula is C17H34N2Si. The normalized spacial score (nSPS) is 24.1. The fourth-order valence-corrected chi connectivity index (χ4v) is 4.63. The zero-order valence-corrected chi connectivity index (χ0v) is 15.2. The van der Waals surface area contributed by atoms with Gasteiger partial charge in [0.05, 0.1) is 6.17 Å². The lowest BCUT2D eigenvalue weighted by molar-refractivity contribution is 0.0175. The number of hydrogen-bond donors (Lipinski definition) is 0. The van der Waals surface area contributed by atoms with E-state index in [1.165, 1.54) is 77.2 Å². The molecule has 0 aromatic rings. The van der Waals surface area contributed by atoms with Crippen molar-refractivity contribution >= 4 is 9.52 Å². The molecule has 0 aliphatic carbocycles. The summed E-state index contributed by atoms with van der Waals surface area (Å²) in [6, 6.07) is 1.41. The highest BCUT2D eigenvalue weighted by atomic mass is 28.2. The fourth-order valence-electron chi connectivity index (χ4n) is 3.68. The quantitative estimate of drug-likeness (QED) is 0.694. The molecule has 2 heterocycles. The first-order chi connectivity index (χ1) is 9.81. The zero-order chi connectivity index (χ0) is 14.2. The van der Waals surface area contributed by atoms with Crippen molar-refractivity contribution in [3.63, 3.8) is 0 Å². The van der Waals surface area contributed by atoms with E-state index in [0.29, 0.717) is 6.17 Å². The predicted octanol–water partition coefficient (Wildman–Crippen LogP) is 3.19. The molecule has 0 amide bonds. The van der Waals surface area contributed by atoms with Gasteiger partial charge >= 0.3 is 0 Å². The van der Waals surface area contributed by atoms with Gasteiger partial charge in [0.2, 0.25) is 0 Å². The molecule has 0 unspecified atom stereocenters. The zero-order valence-electron chi connectivity index (χ0n) is 13.7. The molecule has 3 heteroatoms. The molecule has 0 N–H and O–H groups in total. The Morgan fingerprint density at radius 1 is 0.950 bits per heavy atom. The summed E-state index contributed by atoms with van der Waals surface area (Å²) in [6.45, 7) is 10.0. The highest BCUT2D eigenvalue weighted by Crippen LogP contribution is 2.23. The number of hydrogen-bond acceptors (Lipinski definition) is 2. The van der Waals surface area contributed by atoms with Gasteiger partial charge in [0.25, 0.3) is 0 Å². The van der Waals surface area contributed by atoms with Crippen LogP contribution in [-0.4, -0.2) is 51.7 Å². The summed E-state index contributed by atoms with van der Waals surface area (Å²) in [5.74, 6) is 0. The highest BCUT2D eigenvalue weighted by Gasteiger charge is 2.27. The lowest BCUT2D eigenvalue weighted by Gasteiger charge is -2.43. The Hall–Kier alpha value is -0.123. The number of rotatable bonds is 6. The Morgan fingerprint density at radius 3 is 1.90 bits per heavy atom. The maximum atomic E-state index is 2.79. The first kappa shape index (κ1) is 16.3. The van der Waals surface area contributed by atoms with E-state index >= 15 is 0 Å². The smallest absolute Gasteiger partial charge is 0.0660 e. The highest BCUT2D eigenvalue weighted by molar-refractivity contribution is 6.42. The Labute approximate surface area is 128 Å². The molecule has 0 spiro atoms. The summed E-state index contributed by atoms with van der Waals surface area (Å²) in [5.41, 5.74) is 4.28. The van der Waals surface area contributed by atoms with E-state index in [2.05, 4.69) is 29.3 Å². The minimum absolute atomic E-state index is 0.0755. The second-order valence-corrected chi connectivity index (χ2v) is 8.70. The van der Waals surface area contributed by atoms with Crippen LogP contribution in [0.1, 0.15) is 58.8 Å². The number of piperidine rings is 2. The van der Waals surface area contributed by atoms with E-state index in [0.717, 1.165) is 0 Å². The molecule has 2 aliphatic heterocycles. The molecular weight excluding hydrogens is 260 g/mol. The van der Waals surface area contributed by atoms with Crippen LogP contribution in [0.15, 0.2) is 11.3 Å². The molecule has 2 nitrogen and oxygen atoms in total.